The first-order valence-electron chi connectivity index (χ1n) is 11.8. The van der Waals surface area contributed by atoms with E-state index in [2.05, 4.69) is 30.4 Å². The third kappa shape index (κ3) is 5.76. The van der Waals surface area contributed by atoms with E-state index in [1.807, 2.05) is 0 Å². The normalized spacial score (nSPS) is 23.7. The fourth-order valence-corrected chi connectivity index (χ4v) is 5.15. The van der Waals surface area contributed by atoms with Crippen LogP contribution in [0.3, 0.4) is 0 Å². The fourth-order valence-electron chi connectivity index (χ4n) is 5.15. The molecule has 5 nitrogen and oxygen atoms in total. The van der Waals surface area contributed by atoms with Crippen LogP contribution >= 0.6 is 0 Å². The molecular weight excluding hydrogens is 378 g/mol. The molecule has 0 aromatic heterocycles. The molecule has 2 aliphatic rings. The first-order chi connectivity index (χ1) is 14.6. The maximum absolute atomic E-state index is 13.0. The Morgan fingerprint density at radius 2 is 1.90 bits per heavy atom. The zero-order valence-corrected chi connectivity index (χ0v) is 18.8. The Labute approximate surface area is 181 Å². The SMILES string of the molecule is COc1ccc(C2CCC(CNC(=O)C3(OCCCO)CCCCC3)CC2)cc1C. The minimum absolute atomic E-state index is 0.0630. The van der Waals surface area contributed by atoms with Gasteiger partial charge in [0.1, 0.15) is 11.4 Å². The van der Waals surface area contributed by atoms with Gasteiger partial charge in [-0.05, 0) is 80.9 Å². The topological polar surface area (TPSA) is 67.8 Å². The number of hydrogen-bond acceptors (Lipinski definition) is 4. The number of benzene rings is 1. The smallest absolute Gasteiger partial charge is 0.252 e. The summed E-state index contributed by atoms with van der Waals surface area (Å²) in [6, 6.07) is 6.55. The van der Waals surface area contributed by atoms with Gasteiger partial charge in [-0.3, -0.25) is 4.79 Å². The Kier molecular flexibility index (Phi) is 8.58. The molecule has 0 bridgehead atoms. The summed E-state index contributed by atoms with van der Waals surface area (Å²) in [5, 5.41) is 12.3. The Morgan fingerprint density at radius 1 is 1.17 bits per heavy atom. The summed E-state index contributed by atoms with van der Waals surface area (Å²) in [5.74, 6) is 2.16. The van der Waals surface area contributed by atoms with Crippen LogP contribution in [0, 0.1) is 12.8 Å². The first-order valence-corrected chi connectivity index (χ1v) is 11.8. The van der Waals surface area contributed by atoms with Gasteiger partial charge in [0, 0.05) is 13.2 Å². The highest BCUT2D eigenvalue weighted by Crippen LogP contribution is 2.37. The van der Waals surface area contributed by atoms with Gasteiger partial charge in [0.15, 0.2) is 0 Å². The van der Waals surface area contributed by atoms with Crippen molar-refractivity contribution in [3.05, 3.63) is 29.3 Å². The van der Waals surface area contributed by atoms with Crippen molar-refractivity contribution >= 4 is 5.91 Å². The maximum Gasteiger partial charge on any atom is 0.252 e. The van der Waals surface area contributed by atoms with Crippen LogP contribution in [0.2, 0.25) is 0 Å². The Balaban J connectivity index is 1.48. The number of nitrogens with one attached hydrogen (secondary N) is 1. The summed E-state index contributed by atoms with van der Waals surface area (Å²) < 4.78 is 11.4. The van der Waals surface area contributed by atoms with Crippen molar-refractivity contribution in [2.45, 2.75) is 82.7 Å². The van der Waals surface area contributed by atoms with E-state index in [4.69, 9.17) is 14.6 Å². The molecule has 0 radical (unpaired) electrons. The number of aryl methyl sites for hydroxylation is 1. The highest BCUT2D eigenvalue weighted by atomic mass is 16.5. The lowest BCUT2D eigenvalue weighted by atomic mass is 9.78. The van der Waals surface area contributed by atoms with Crippen LogP contribution in [0.4, 0.5) is 0 Å². The third-order valence-corrected chi connectivity index (χ3v) is 7.04. The van der Waals surface area contributed by atoms with E-state index >= 15 is 0 Å². The monoisotopic (exact) mass is 417 g/mol. The lowest BCUT2D eigenvalue weighted by Gasteiger charge is -2.36. The molecular formula is C25H39NO4. The van der Waals surface area contributed by atoms with Gasteiger partial charge >= 0.3 is 0 Å². The van der Waals surface area contributed by atoms with Crippen molar-refractivity contribution < 1.29 is 19.4 Å². The molecule has 168 valence electrons. The van der Waals surface area contributed by atoms with Gasteiger partial charge in [0.2, 0.25) is 0 Å². The lowest BCUT2D eigenvalue weighted by Crippen LogP contribution is -2.51. The molecule has 1 aromatic carbocycles. The van der Waals surface area contributed by atoms with Gasteiger partial charge in [-0.25, -0.2) is 0 Å². The Bertz CT molecular complexity index is 676. The predicted molar refractivity (Wildman–Crippen MR) is 119 cm³/mol. The van der Waals surface area contributed by atoms with Crippen LogP contribution < -0.4 is 10.1 Å². The van der Waals surface area contributed by atoms with Crippen molar-refractivity contribution in [2.75, 3.05) is 26.9 Å². The fraction of sp³-hybridized carbons (Fsp3) is 0.720. The van der Waals surface area contributed by atoms with Gasteiger partial charge in [0.25, 0.3) is 5.91 Å². The minimum atomic E-state index is -0.675. The van der Waals surface area contributed by atoms with Gasteiger partial charge < -0.3 is 19.9 Å². The van der Waals surface area contributed by atoms with E-state index < -0.39 is 5.60 Å². The second-order valence-corrected chi connectivity index (χ2v) is 9.14. The highest BCUT2D eigenvalue weighted by molar-refractivity contribution is 5.85. The molecule has 2 aliphatic carbocycles. The average molecular weight is 418 g/mol. The van der Waals surface area contributed by atoms with Gasteiger partial charge in [0.05, 0.1) is 13.7 Å². The summed E-state index contributed by atoms with van der Waals surface area (Å²) in [4.78, 5) is 13.0. The van der Waals surface area contributed by atoms with Crippen LogP contribution in [-0.2, 0) is 9.53 Å². The van der Waals surface area contributed by atoms with Gasteiger partial charge in [-0.15, -0.1) is 0 Å². The standard InChI is InChI=1S/C25H39NO4/c1-19-17-22(11-12-23(19)29-2)21-9-7-20(8-10-21)18-26-24(28)25(30-16-6-15-27)13-4-3-5-14-25/h11-12,17,20-21,27H,3-10,13-16,18H2,1-2H3,(H,26,28). The number of amides is 1. The number of carbonyl (C=O) groups is 1. The van der Waals surface area contributed by atoms with Gasteiger partial charge in [-0.1, -0.05) is 31.4 Å². The highest BCUT2D eigenvalue weighted by Gasteiger charge is 2.40. The minimum Gasteiger partial charge on any atom is -0.496 e. The van der Waals surface area contributed by atoms with Crippen LogP contribution in [0.1, 0.15) is 81.3 Å². The molecule has 0 saturated heterocycles. The predicted octanol–water partition coefficient (Wildman–Crippen LogP) is 4.50. The summed E-state index contributed by atoms with van der Waals surface area (Å²) in [5.41, 5.74) is 1.93. The van der Waals surface area contributed by atoms with E-state index in [1.54, 1.807) is 7.11 Å². The molecule has 2 fully saturated rings. The van der Waals surface area contributed by atoms with Crippen LogP contribution in [0.15, 0.2) is 18.2 Å². The molecule has 2 N–H and O–H groups in total. The average Bonchev–Trinajstić information content (AvgIpc) is 2.78. The number of aliphatic hydroxyl groups is 1. The van der Waals surface area contributed by atoms with Crippen molar-refractivity contribution in [1.82, 2.24) is 5.32 Å². The van der Waals surface area contributed by atoms with Crippen molar-refractivity contribution in [3.8, 4) is 5.75 Å². The number of methoxy groups -OCH3 is 1. The second-order valence-electron chi connectivity index (χ2n) is 9.14. The molecule has 3 rings (SSSR count). The molecule has 0 atom stereocenters. The van der Waals surface area contributed by atoms with Crippen LogP contribution in [0.5, 0.6) is 5.75 Å². The lowest BCUT2D eigenvalue weighted by molar-refractivity contribution is -0.153. The molecule has 0 aliphatic heterocycles. The summed E-state index contributed by atoms with van der Waals surface area (Å²) in [6.45, 7) is 3.41. The summed E-state index contributed by atoms with van der Waals surface area (Å²) in [7, 11) is 1.72. The quantitative estimate of drug-likeness (QED) is 0.581. The molecule has 0 spiro atoms. The second kappa shape index (κ2) is 11.1. The van der Waals surface area contributed by atoms with Gasteiger partial charge in [-0.2, -0.15) is 0 Å². The third-order valence-electron chi connectivity index (χ3n) is 7.04. The van der Waals surface area contributed by atoms with Crippen molar-refractivity contribution in [2.24, 2.45) is 5.92 Å². The Hall–Kier alpha value is -1.59. The van der Waals surface area contributed by atoms with Crippen LogP contribution in [0.25, 0.3) is 0 Å². The number of ether oxygens (including phenoxy) is 2. The van der Waals surface area contributed by atoms with E-state index in [0.717, 1.165) is 50.8 Å². The van der Waals surface area contributed by atoms with E-state index in [1.165, 1.54) is 30.4 Å². The molecule has 0 unspecified atom stereocenters. The number of aliphatic hydroxyl groups excluding tert-OH is 1. The van der Waals surface area contributed by atoms with Crippen molar-refractivity contribution in [1.29, 1.82) is 0 Å². The molecule has 1 aromatic rings. The number of carbonyl (C=O) groups excluding carboxylic acids is 1. The molecule has 0 heterocycles. The summed E-state index contributed by atoms with van der Waals surface area (Å²) in [6.07, 6.45) is 10.1. The summed E-state index contributed by atoms with van der Waals surface area (Å²) >= 11 is 0. The zero-order chi connectivity index (χ0) is 21.4. The van der Waals surface area contributed by atoms with E-state index in [-0.39, 0.29) is 12.5 Å². The van der Waals surface area contributed by atoms with E-state index in [0.29, 0.717) is 24.9 Å². The first kappa shape index (κ1) is 23.1. The Morgan fingerprint density at radius 3 is 2.53 bits per heavy atom. The van der Waals surface area contributed by atoms with Crippen molar-refractivity contribution in [3.63, 3.8) is 0 Å². The molecule has 30 heavy (non-hydrogen) atoms. The van der Waals surface area contributed by atoms with Crippen LogP contribution in [-0.4, -0.2) is 43.5 Å². The largest absolute Gasteiger partial charge is 0.496 e. The molecule has 2 saturated carbocycles. The maximum atomic E-state index is 13.0. The zero-order valence-electron chi connectivity index (χ0n) is 18.8. The van der Waals surface area contributed by atoms with E-state index in [9.17, 15) is 4.79 Å². The number of rotatable bonds is 9. The number of hydrogen-bond donors (Lipinski definition) is 2. The molecule has 5 heteroatoms. The molecule has 1 amide bonds.